The minimum atomic E-state index is -0.480. The molecule has 0 saturated carbocycles. The van der Waals surface area contributed by atoms with Crippen LogP contribution in [0.3, 0.4) is 0 Å². The van der Waals surface area contributed by atoms with Crippen LogP contribution in [0.15, 0.2) is 46.0 Å². The summed E-state index contributed by atoms with van der Waals surface area (Å²) < 4.78 is 11.3. The predicted octanol–water partition coefficient (Wildman–Crippen LogP) is 4.47. The molecule has 0 radical (unpaired) electrons. The minimum Gasteiger partial charge on any atom is -0.484 e. The van der Waals surface area contributed by atoms with E-state index in [2.05, 4.69) is 27.6 Å². The minimum absolute atomic E-state index is 0.0228. The first-order valence-corrected chi connectivity index (χ1v) is 11.2. The molecule has 0 saturated heterocycles. The number of carbonyl (C=O) groups is 1. The number of nitro benzene ring substituents is 1. The van der Waals surface area contributed by atoms with Gasteiger partial charge in [0.25, 0.3) is 16.8 Å². The summed E-state index contributed by atoms with van der Waals surface area (Å²) in [6.45, 7) is 1.79. The van der Waals surface area contributed by atoms with Gasteiger partial charge in [-0.15, -0.1) is 10.2 Å². The highest BCUT2D eigenvalue weighted by molar-refractivity contribution is 7.99. The molecule has 1 heterocycles. The number of carbonyl (C=O) groups excluding carboxylic acids is 1. The monoisotopic (exact) mass is 454 g/mol. The first-order valence-electron chi connectivity index (χ1n) is 10.2. The number of aromatic nitrogens is 2. The van der Waals surface area contributed by atoms with Gasteiger partial charge in [0.15, 0.2) is 6.61 Å². The van der Waals surface area contributed by atoms with Crippen LogP contribution >= 0.6 is 11.8 Å². The van der Waals surface area contributed by atoms with E-state index in [0.717, 1.165) is 30.4 Å². The van der Waals surface area contributed by atoms with Gasteiger partial charge < -0.3 is 14.5 Å². The summed E-state index contributed by atoms with van der Waals surface area (Å²) in [6.07, 6.45) is 4.63. The Hall–Kier alpha value is -3.40. The summed E-state index contributed by atoms with van der Waals surface area (Å²) in [5, 5.41) is 21.8. The van der Waals surface area contributed by atoms with Crippen LogP contribution in [-0.2, 0) is 24.2 Å². The number of amides is 1. The topological polar surface area (TPSA) is 120 Å². The van der Waals surface area contributed by atoms with Crippen LogP contribution < -0.4 is 10.1 Å². The van der Waals surface area contributed by atoms with Crippen molar-refractivity contribution in [3.05, 3.63) is 69.1 Å². The molecule has 166 valence electrons. The lowest BCUT2D eigenvalue weighted by Crippen LogP contribution is -2.14. The molecule has 1 aliphatic rings. The van der Waals surface area contributed by atoms with Crippen LogP contribution in [0.25, 0.3) is 0 Å². The highest BCUT2D eigenvalue weighted by Gasteiger charge is 2.15. The molecule has 10 heteroatoms. The van der Waals surface area contributed by atoms with E-state index in [9.17, 15) is 14.9 Å². The summed E-state index contributed by atoms with van der Waals surface area (Å²) in [6, 6.07) is 10.7. The summed E-state index contributed by atoms with van der Waals surface area (Å²) in [5.41, 5.74) is 3.56. The highest BCUT2D eigenvalue weighted by atomic mass is 32.2. The fraction of sp³-hybridized carbons (Fsp3) is 0.318. The number of ether oxygens (including phenoxy) is 1. The maximum absolute atomic E-state index is 12.2. The van der Waals surface area contributed by atoms with Crippen LogP contribution in [0, 0.1) is 17.0 Å². The van der Waals surface area contributed by atoms with E-state index in [-0.39, 0.29) is 29.2 Å². The Bertz CT molecular complexity index is 1150. The maximum Gasteiger partial charge on any atom is 0.277 e. The lowest BCUT2D eigenvalue weighted by atomic mass is 9.92. The molecule has 0 fully saturated rings. The van der Waals surface area contributed by atoms with Crippen molar-refractivity contribution < 1.29 is 18.9 Å². The zero-order valence-electron chi connectivity index (χ0n) is 17.5. The van der Waals surface area contributed by atoms with E-state index in [1.165, 1.54) is 30.0 Å². The second kappa shape index (κ2) is 9.82. The lowest BCUT2D eigenvalue weighted by molar-refractivity contribution is -0.385. The Labute approximate surface area is 188 Å². The molecular weight excluding hydrogens is 432 g/mol. The molecule has 4 rings (SSSR count). The molecule has 32 heavy (non-hydrogen) atoms. The van der Waals surface area contributed by atoms with Gasteiger partial charge in [-0.25, -0.2) is 0 Å². The van der Waals surface area contributed by atoms with E-state index in [1.54, 1.807) is 19.1 Å². The van der Waals surface area contributed by atoms with Crippen LogP contribution in [-0.4, -0.2) is 26.8 Å². The number of nitrogens with zero attached hydrogens (tertiary/aromatic N) is 3. The largest absolute Gasteiger partial charge is 0.484 e. The normalized spacial score (nSPS) is 12.8. The van der Waals surface area contributed by atoms with Gasteiger partial charge in [-0.2, -0.15) is 0 Å². The van der Waals surface area contributed by atoms with Gasteiger partial charge in [0.05, 0.1) is 10.7 Å². The molecule has 1 aliphatic carbocycles. The molecule has 1 amide bonds. The van der Waals surface area contributed by atoms with Gasteiger partial charge in [-0.3, -0.25) is 14.9 Å². The van der Waals surface area contributed by atoms with E-state index >= 15 is 0 Å². The van der Waals surface area contributed by atoms with Gasteiger partial charge in [0, 0.05) is 17.3 Å². The Morgan fingerprint density at radius 2 is 2.00 bits per heavy atom. The van der Waals surface area contributed by atoms with Crippen molar-refractivity contribution in [2.24, 2.45) is 0 Å². The van der Waals surface area contributed by atoms with Gasteiger partial charge in [0.1, 0.15) is 5.75 Å². The third kappa shape index (κ3) is 5.44. The van der Waals surface area contributed by atoms with Crippen molar-refractivity contribution in [3.8, 4) is 5.75 Å². The molecule has 1 N–H and O–H groups in total. The van der Waals surface area contributed by atoms with Crippen molar-refractivity contribution in [3.63, 3.8) is 0 Å². The van der Waals surface area contributed by atoms with Gasteiger partial charge in [0.2, 0.25) is 5.91 Å². The van der Waals surface area contributed by atoms with Crippen LogP contribution in [0.2, 0.25) is 0 Å². The molecule has 0 atom stereocenters. The summed E-state index contributed by atoms with van der Waals surface area (Å²) in [7, 11) is 0. The molecule has 9 nitrogen and oxygen atoms in total. The SMILES string of the molecule is Cc1ccc(NC(=O)CSc2nnc(COc3ccc4c(c3)CCCC4)o2)cc1[N+](=O)[O-]. The number of rotatable bonds is 8. The van der Waals surface area contributed by atoms with Gasteiger partial charge >= 0.3 is 0 Å². The molecule has 0 bridgehead atoms. The van der Waals surface area contributed by atoms with E-state index < -0.39 is 4.92 Å². The third-order valence-electron chi connectivity index (χ3n) is 5.15. The van der Waals surface area contributed by atoms with Crippen molar-refractivity contribution in [2.75, 3.05) is 11.1 Å². The van der Waals surface area contributed by atoms with E-state index in [4.69, 9.17) is 9.15 Å². The van der Waals surface area contributed by atoms with Gasteiger partial charge in [-0.1, -0.05) is 23.9 Å². The fourth-order valence-electron chi connectivity index (χ4n) is 3.51. The van der Waals surface area contributed by atoms with Crippen molar-refractivity contribution in [2.45, 2.75) is 44.4 Å². The molecule has 2 aromatic carbocycles. The average Bonchev–Trinajstić information content (AvgIpc) is 3.25. The number of hydrogen-bond donors (Lipinski definition) is 1. The number of nitro groups is 1. The molecular formula is C22H22N4O5S. The zero-order chi connectivity index (χ0) is 22.5. The van der Waals surface area contributed by atoms with E-state index in [0.29, 0.717) is 17.1 Å². The molecule has 0 spiro atoms. The number of anilines is 1. The number of thioether (sulfide) groups is 1. The molecule has 0 aliphatic heterocycles. The standard InChI is InChI=1S/C22H22N4O5S/c1-14-6-8-17(11-19(14)26(28)29)23-20(27)13-32-22-25-24-21(31-22)12-30-18-9-7-15-4-2-3-5-16(15)10-18/h6-11H,2-5,12-13H2,1H3,(H,23,27). The van der Waals surface area contributed by atoms with Crippen molar-refractivity contribution >= 4 is 29.0 Å². The Balaban J connectivity index is 1.27. The van der Waals surface area contributed by atoms with Crippen LogP contribution in [0.5, 0.6) is 5.75 Å². The lowest BCUT2D eigenvalue weighted by Gasteiger charge is -2.16. The number of nitrogens with one attached hydrogen (secondary N) is 1. The molecule has 1 aromatic heterocycles. The number of aryl methyl sites for hydroxylation is 3. The quantitative estimate of drug-likeness (QED) is 0.301. The second-order valence-corrected chi connectivity index (χ2v) is 8.41. The fourth-order valence-corrected chi connectivity index (χ4v) is 4.09. The summed E-state index contributed by atoms with van der Waals surface area (Å²) in [5.74, 6) is 0.775. The number of fused-ring (bicyclic) bond motifs is 1. The molecule has 3 aromatic rings. The Kier molecular flexibility index (Phi) is 6.69. The van der Waals surface area contributed by atoms with E-state index in [1.807, 2.05) is 6.07 Å². The smallest absolute Gasteiger partial charge is 0.277 e. The Morgan fingerprint density at radius 3 is 2.81 bits per heavy atom. The average molecular weight is 455 g/mol. The number of hydrogen-bond acceptors (Lipinski definition) is 8. The van der Waals surface area contributed by atoms with Crippen molar-refractivity contribution in [1.29, 1.82) is 0 Å². The second-order valence-electron chi connectivity index (χ2n) is 7.48. The summed E-state index contributed by atoms with van der Waals surface area (Å²) in [4.78, 5) is 22.7. The maximum atomic E-state index is 12.2. The van der Waals surface area contributed by atoms with Gasteiger partial charge in [-0.05, 0) is 61.9 Å². The highest BCUT2D eigenvalue weighted by Crippen LogP contribution is 2.26. The van der Waals surface area contributed by atoms with Crippen LogP contribution in [0.1, 0.15) is 35.4 Å². The van der Waals surface area contributed by atoms with Crippen LogP contribution in [0.4, 0.5) is 11.4 Å². The zero-order valence-corrected chi connectivity index (χ0v) is 18.3. The number of benzene rings is 2. The third-order valence-corrected chi connectivity index (χ3v) is 5.97. The van der Waals surface area contributed by atoms with Crippen molar-refractivity contribution in [1.82, 2.24) is 10.2 Å². The Morgan fingerprint density at radius 1 is 1.19 bits per heavy atom. The predicted molar refractivity (Wildman–Crippen MR) is 119 cm³/mol. The molecule has 0 unspecified atom stereocenters. The first kappa shape index (κ1) is 21.8. The first-order chi connectivity index (χ1) is 15.5. The summed E-state index contributed by atoms with van der Waals surface area (Å²) >= 11 is 1.08.